The van der Waals surface area contributed by atoms with Crippen molar-refractivity contribution in [3.05, 3.63) is 83.9 Å². The number of nitrogens with zero attached hydrogens (tertiary/aromatic N) is 2. The Kier molecular flexibility index (Phi) is 11.3. The molecule has 318 valence electrons. The predicted octanol–water partition coefficient (Wildman–Crippen LogP) is 3.52. The summed E-state index contributed by atoms with van der Waals surface area (Å²) >= 11 is 0. The van der Waals surface area contributed by atoms with E-state index in [2.05, 4.69) is 10.6 Å². The molecule has 0 aromatic heterocycles. The van der Waals surface area contributed by atoms with Crippen molar-refractivity contribution in [2.45, 2.75) is 77.7 Å². The van der Waals surface area contributed by atoms with Crippen LogP contribution in [0.4, 0.5) is 9.59 Å². The van der Waals surface area contributed by atoms with Crippen molar-refractivity contribution in [1.82, 2.24) is 20.4 Å². The van der Waals surface area contributed by atoms with Crippen molar-refractivity contribution in [2.75, 3.05) is 13.5 Å². The molecule has 0 unspecified atom stereocenters. The van der Waals surface area contributed by atoms with Gasteiger partial charge in [-0.1, -0.05) is 72.8 Å². The number of allylic oxidation sites excluding steroid dienone is 2. The van der Waals surface area contributed by atoms with Gasteiger partial charge in [0, 0.05) is 12.8 Å². The molecule has 2 aromatic carbocycles. The van der Waals surface area contributed by atoms with Gasteiger partial charge in [-0.25, -0.2) is 29.0 Å². The molecule has 60 heavy (non-hydrogen) atoms. The summed E-state index contributed by atoms with van der Waals surface area (Å²) in [6.45, 7) is 8.72. The molecule has 0 radical (unpaired) electrons. The van der Waals surface area contributed by atoms with Gasteiger partial charge in [-0.15, -0.1) is 0 Å². The predicted molar refractivity (Wildman–Crippen MR) is 209 cm³/mol. The maximum absolute atomic E-state index is 14.0. The van der Waals surface area contributed by atoms with E-state index in [-0.39, 0.29) is 12.8 Å². The first-order valence-electron chi connectivity index (χ1n) is 20.1. The average Bonchev–Trinajstić information content (AvgIpc) is 3.53. The van der Waals surface area contributed by atoms with E-state index in [1.165, 1.54) is 0 Å². The van der Waals surface area contributed by atoms with E-state index in [1.807, 2.05) is 12.2 Å². The van der Waals surface area contributed by atoms with E-state index in [0.29, 0.717) is 0 Å². The van der Waals surface area contributed by atoms with E-state index < -0.39 is 132 Å². The fourth-order valence-electron chi connectivity index (χ4n) is 9.42. The Hall–Kier alpha value is -6.06. The lowest BCUT2D eigenvalue weighted by molar-refractivity contribution is -0.166. The number of imide groups is 2. The third-order valence-corrected chi connectivity index (χ3v) is 11.7. The standard InChI is InChI=1S/C44H50N4O12/c1-43(2,3)59-41(55)45-27(19-23-13-9-7-10-14-23)39(53)57-21-47-35(49)31-25-17-18-26(32(31)36(47)50)30-29(25)33-34(30)38(52)48(37(33)51)22-58-40(54)28(20-24-15-11-8-12-16-24)46-42(56)60-44(4,5)6/h7-18,25-34H,19-22H2,1-6H3,(H,45,55)(H,46,56)/t25-,26-,27+,28-,29-,30-,31-,32+,33-,34-/m1/s1. The lowest BCUT2D eigenvalue weighted by atomic mass is 9.40. The molecule has 4 fully saturated rings. The van der Waals surface area contributed by atoms with Gasteiger partial charge in [0.25, 0.3) is 0 Å². The topological polar surface area (TPSA) is 204 Å². The Labute approximate surface area is 347 Å². The number of esters is 2. The van der Waals surface area contributed by atoms with Gasteiger partial charge in [0.2, 0.25) is 23.6 Å². The van der Waals surface area contributed by atoms with Crippen molar-refractivity contribution in [1.29, 1.82) is 0 Å². The maximum atomic E-state index is 14.0. The summed E-state index contributed by atoms with van der Waals surface area (Å²) in [7, 11) is 0. The molecular formula is C44H50N4O12. The smallest absolute Gasteiger partial charge is 0.408 e. The number of rotatable bonds is 12. The fourth-order valence-corrected chi connectivity index (χ4v) is 9.42. The molecule has 2 saturated carbocycles. The minimum atomic E-state index is -1.19. The number of alkyl carbamates (subject to hydrolysis) is 2. The van der Waals surface area contributed by atoms with Crippen LogP contribution in [0, 0.1) is 47.3 Å². The number of amides is 6. The van der Waals surface area contributed by atoms with Crippen LogP contribution in [-0.4, -0.2) is 94.3 Å². The molecule has 10 atom stereocenters. The van der Waals surface area contributed by atoms with E-state index >= 15 is 0 Å². The van der Waals surface area contributed by atoms with Gasteiger partial charge in [-0.2, -0.15) is 0 Å². The molecule has 2 heterocycles. The van der Waals surface area contributed by atoms with Crippen LogP contribution in [0.15, 0.2) is 72.8 Å². The van der Waals surface area contributed by atoms with Crippen LogP contribution in [0.1, 0.15) is 52.7 Å². The van der Waals surface area contributed by atoms with Crippen molar-refractivity contribution in [2.24, 2.45) is 47.3 Å². The summed E-state index contributed by atoms with van der Waals surface area (Å²) in [5, 5.41) is 5.08. The Bertz CT molecular complexity index is 2040. The van der Waals surface area contributed by atoms with Crippen LogP contribution in [0.3, 0.4) is 0 Å². The number of hydrogen-bond donors (Lipinski definition) is 2. The quantitative estimate of drug-likeness (QED) is 0.137. The molecular weight excluding hydrogens is 776 g/mol. The molecule has 6 aliphatic rings. The van der Waals surface area contributed by atoms with Crippen LogP contribution in [0.25, 0.3) is 0 Å². The highest BCUT2D eigenvalue weighted by Gasteiger charge is 2.75. The Morgan fingerprint density at radius 2 is 0.883 bits per heavy atom. The van der Waals surface area contributed by atoms with E-state index in [4.69, 9.17) is 18.9 Å². The van der Waals surface area contributed by atoms with Crippen molar-refractivity contribution in [3.8, 4) is 0 Å². The normalized spacial score (nSPS) is 27.2. The van der Waals surface area contributed by atoms with Crippen LogP contribution in [0.5, 0.6) is 0 Å². The second-order valence-electron chi connectivity index (χ2n) is 18.0. The molecule has 4 aliphatic carbocycles. The van der Waals surface area contributed by atoms with Gasteiger partial charge < -0.3 is 29.6 Å². The lowest BCUT2D eigenvalue weighted by Crippen LogP contribution is -2.63. The highest BCUT2D eigenvalue weighted by atomic mass is 16.6. The van der Waals surface area contributed by atoms with Crippen molar-refractivity contribution in [3.63, 3.8) is 0 Å². The number of ether oxygens (including phenoxy) is 4. The lowest BCUT2D eigenvalue weighted by Gasteiger charge is -2.60. The first kappa shape index (κ1) is 42.1. The van der Waals surface area contributed by atoms with Crippen LogP contribution in [0.2, 0.25) is 0 Å². The zero-order chi connectivity index (χ0) is 43.3. The zero-order valence-electron chi connectivity index (χ0n) is 34.3. The van der Waals surface area contributed by atoms with Gasteiger partial charge in [0.15, 0.2) is 13.5 Å². The fraction of sp³-hybridized carbons (Fsp3) is 0.500. The molecule has 2 bridgehead atoms. The number of benzene rings is 2. The SMILES string of the molecule is CC(C)(C)OC(=O)N[C@@H](Cc1ccccc1)C(=O)OCN1C(=O)[C@@H]2[C@@H]3C=C[C@@H]([C@@H]2C1=O)[C@H]1[C@H]2C(=O)N(COC(=O)[C@@H](Cc4ccccc4)NC(=O)OC(C)(C)C)C(=O)[C@@H]2[C@H]31. The molecule has 8 rings (SSSR count). The Morgan fingerprint density at radius 3 is 1.22 bits per heavy atom. The average molecular weight is 827 g/mol. The maximum Gasteiger partial charge on any atom is 0.408 e. The molecule has 2 aliphatic heterocycles. The van der Waals surface area contributed by atoms with E-state index in [1.54, 1.807) is 102 Å². The van der Waals surface area contributed by atoms with Crippen LogP contribution < -0.4 is 10.6 Å². The number of likely N-dealkylation sites (tertiary alicyclic amines) is 2. The van der Waals surface area contributed by atoms with Crippen LogP contribution >= 0.6 is 0 Å². The zero-order valence-corrected chi connectivity index (χ0v) is 34.3. The summed E-state index contributed by atoms with van der Waals surface area (Å²) in [6.07, 6.45) is 2.10. The van der Waals surface area contributed by atoms with Gasteiger partial charge in [0.05, 0.1) is 23.7 Å². The number of carbonyl (C=O) groups excluding carboxylic acids is 8. The molecule has 2 aromatic rings. The van der Waals surface area contributed by atoms with Gasteiger partial charge in [0.1, 0.15) is 23.3 Å². The monoisotopic (exact) mass is 826 g/mol. The second kappa shape index (κ2) is 16.2. The first-order chi connectivity index (χ1) is 28.3. The van der Waals surface area contributed by atoms with E-state index in [9.17, 15) is 38.4 Å². The Morgan fingerprint density at radius 1 is 0.550 bits per heavy atom. The number of nitrogens with one attached hydrogen (secondary N) is 2. The highest BCUT2D eigenvalue weighted by molar-refractivity contribution is 6.09. The summed E-state index contributed by atoms with van der Waals surface area (Å²) < 4.78 is 21.7. The molecule has 16 heteroatoms. The van der Waals surface area contributed by atoms with Gasteiger partial charge in [-0.05, 0) is 76.3 Å². The molecule has 0 spiro atoms. The van der Waals surface area contributed by atoms with Crippen LogP contribution in [-0.2, 0) is 60.6 Å². The molecule has 2 saturated heterocycles. The third-order valence-electron chi connectivity index (χ3n) is 11.7. The highest BCUT2D eigenvalue weighted by Crippen LogP contribution is 2.68. The summed E-state index contributed by atoms with van der Waals surface area (Å²) in [4.78, 5) is 110. The summed E-state index contributed by atoms with van der Waals surface area (Å²) in [5.74, 6) is -9.10. The van der Waals surface area contributed by atoms with Gasteiger partial charge in [-0.3, -0.25) is 19.2 Å². The second-order valence-corrected chi connectivity index (χ2v) is 18.0. The summed E-state index contributed by atoms with van der Waals surface area (Å²) in [5.41, 5.74) is -0.225. The number of hydrogen-bond acceptors (Lipinski definition) is 12. The number of fused-ring (bicyclic) bond motifs is 1. The summed E-state index contributed by atoms with van der Waals surface area (Å²) in [6, 6.07) is 15.5. The van der Waals surface area contributed by atoms with Crippen molar-refractivity contribution >= 4 is 47.8 Å². The Balaban J connectivity index is 1.00. The first-order valence-corrected chi connectivity index (χ1v) is 20.1. The molecule has 2 N–H and O–H groups in total. The van der Waals surface area contributed by atoms with Crippen molar-refractivity contribution < 1.29 is 57.3 Å². The third kappa shape index (κ3) is 8.36. The minimum absolute atomic E-state index is 0.0573. The number of carbonyl (C=O) groups is 8. The largest absolute Gasteiger partial charge is 0.444 e. The minimum Gasteiger partial charge on any atom is -0.444 e. The molecule has 6 amide bonds. The van der Waals surface area contributed by atoms with Gasteiger partial charge >= 0.3 is 24.1 Å². The van der Waals surface area contributed by atoms with E-state index in [0.717, 1.165) is 20.9 Å². The molecule has 16 nitrogen and oxygen atoms in total.